The molecule has 0 heterocycles. The second-order valence-electron chi connectivity index (χ2n) is 5.70. The molecule has 0 amide bonds. The number of methoxy groups -OCH3 is 1. The van der Waals surface area contributed by atoms with E-state index >= 15 is 0 Å². The van der Waals surface area contributed by atoms with Crippen molar-refractivity contribution in [2.24, 2.45) is 0 Å². The lowest BCUT2D eigenvalue weighted by molar-refractivity contribution is 0.414. The van der Waals surface area contributed by atoms with Crippen LogP contribution in [0.3, 0.4) is 0 Å². The van der Waals surface area contributed by atoms with Crippen molar-refractivity contribution in [3.05, 3.63) is 83.4 Å². The minimum absolute atomic E-state index is 0.0806. The van der Waals surface area contributed by atoms with Crippen molar-refractivity contribution < 1.29 is 13.2 Å². The van der Waals surface area contributed by atoms with Gasteiger partial charge in [-0.1, -0.05) is 41.9 Å². The zero-order valence-electron chi connectivity index (χ0n) is 14.6. The van der Waals surface area contributed by atoms with Crippen molar-refractivity contribution in [2.45, 2.75) is 15.5 Å². The third-order valence-corrected chi connectivity index (χ3v) is 6.55. The van der Waals surface area contributed by atoms with Crippen molar-refractivity contribution >= 4 is 39.1 Å². The van der Waals surface area contributed by atoms with E-state index in [2.05, 4.69) is 16.9 Å². The van der Waals surface area contributed by atoms with Crippen LogP contribution in [0.2, 0.25) is 5.02 Å². The maximum absolute atomic E-state index is 12.5. The molecule has 7 heteroatoms. The molecule has 27 heavy (non-hydrogen) atoms. The van der Waals surface area contributed by atoms with Crippen molar-refractivity contribution in [1.29, 1.82) is 0 Å². The maximum atomic E-state index is 12.5. The number of ether oxygens (including phenoxy) is 1. The number of benzene rings is 3. The summed E-state index contributed by atoms with van der Waals surface area (Å²) in [6, 6.07) is 21.8. The molecule has 3 rings (SSSR count). The minimum Gasteiger partial charge on any atom is -0.495 e. The standard InChI is InChI=1S/C20H18ClNO3S2/c1-25-20-12-11-18(13-19(20)21)27(23,24)22-16-9-7-15(8-10-16)14-26-17-5-3-2-4-6-17/h2-13,22H,14H2,1H3. The Kier molecular flexibility index (Phi) is 6.31. The molecule has 0 spiro atoms. The van der Waals surface area contributed by atoms with Gasteiger partial charge >= 0.3 is 0 Å². The largest absolute Gasteiger partial charge is 0.495 e. The summed E-state index contributed by atoms with van der Waals surface area (Å²) < 4.78 is 32.7. The number of halogens is 1. The second kappa shape index (κ2) is 8.69. The summed E-state index contributed by atoms with van der Waals surface area (Å²) in [6.45, 7) is 0. The number of anilines is 1. The average molecular weight is 420 g/mol. The van der Waals surface area contributed by atoms with E-state index in [1.807, 2.05) is 30.3 Å². The first kappa shape index (κ1) is 19.6. The molecule has 0 unspecified atom stereocenters. The van der Waals surface area contributed by atoms with E-state index in [4.69, 9.17) is 16.3 Å². The molecular weight excluding hydrogens is 402 g/mol. The van der Waals surface area contributed by atoms with E-state index < -0.39 is 10.0 Å². The molecule has 0 saturated carbocycles. The van der Waals surface area contributed by atoms with E-state index in [1.54, 1.807) is 23.9 Å². The summed E-state index contributed by atoms with van der Waals surface area (Å²) in [7, 11) is -2.25. The van der Waals surface area contributed by atoms with E-state index in [-0.39, 0.29) is 9.92 Å². The highest BCUT2D eigenvalue weighted by Gasteiger charge is 2.16. The van der Waals surface area contributed by atoms with Crippen LogP contribution < -0.4 is 9.46 Å². The van der Waals surface area contributed by atoms with Crippen LogP contribution in [0.4, 0.5) is 5.69 Å². The Morgan fingerprint density at radius 2 is 1.70 bits per heavy atom. The Balaban J connectivity index is 1.67. The molecule has 0 fully saturated rings. The van der Waals surface area contributed by atoms with Gasteiger partial charge in [-0.25, -0.2) is 8.42 Å². The summed E-state index contributed by atoms with van der Waals surface area (Å²) in [5.74, 6) is 1.24. The quantitative estimate of drug-likeness (QED) is 0.518. The molecule has 0 atom stereocenters. The average Bonchev–Trinajstić information content (AvgIpc) is 2.68. The molecular formula is C20H18ClNO3S2. The molecule has 0 aliphatic carbocycles. The van der Waals surface area contributed by atoms with Crippen LogP contribution >= 0.6 is 23.4 Å². The smallest absolute Gasteiger partial charge is 0.261 e. The number of hydrogen-bond donors (Lipinski definition) is 1. The minimum atomic E-state index is -3.72. The first-order chi connectivity index (χ1) is 13.0. The molecule has 3 aromatic carbocycles. The van der Waals surface area contributed by atoms with Crippen molar-refractivity contribution in [2.75, 3.05) is 11.8 Å². The Morgan fingerprint density at radius 3 is 2.33 bits per heavy atom. The number of rotatable bonds is 7. The van der Waals surface area contributed by atoms with Crippen LogP contribution in [0, 0.1) is 0 Å². The lowest BCUT2D eigenvalue weighted by atomic mass is 10.2. The van der Waals surface area contributed by atoms with Gasteiger partial charge in [-0.2, -0.15) is 0 Å². The molecule has 3 aromatic rings. The summed E-state index contributed by atoms with van der Waals surface area (Å²) in [4.78, 5) is 1.27. The van der Waals surface area contributed by atoms with Crippen LogP contribution in [0.15, 0.2) is 82.6 Å². The van der Waals surface area contributed by atoms with Gasteiger partial charge in [0.2, 0.25) is 0 Å². The SMILES string of the molecule is COc1ccc(S(=O)(=O)Nc2ccc(CSc3ccccc3)cc2)cc1Cl. The zero-order valence-corrected chi connectivity index (χ0v) is 16.9. The van der Waals surface area contributed by atoms with Gasteiger partial charge in [-0.3, -0.25) is 4.72 Å². The fraction of sp³-hybridized carbons (Fsp3) is 0.100. The molecule has 0 bridgehead atoms. The molecule has 0 radical (unpaired) electrons. The highest BCUT2D eigenvalue weighted by Crippen LogP contribution is 2.28. The highest BCUT2D eigenvalue weighted by molar-refractivity contribution is 7.98. The lowest BCUT2D eigenvalue weighted by Gasteiger charge is -2.10. The predicted molar refractivity (Wildman–Crippen MR) is 111 cm³/mol. The third-order valence-electron chi connectivity index (χ3n) is 3.79. The van der Waals surface area contributed by atoms with Gasteiger partial charge in [0.05, 0.1) is 17.0 Å². The Morgan fingerprint density at radius 1 is 1.00 bits per heavy atom. The monoisotopic (exact) mass is 419 g/mol. The van der Waals surface area contributed by atoms with Crippen molar-refractivity contribution in [3.63, 3.8) is 0 Å². The normalized spacial score (nSPS) is 11.2. The Bertz CT molecular complexity index is 1010. The molecule has 4 nitrogen and oxygen atoms in total. The first-order valence-corrected chi connectivity index (χ1v) is 11.0. The van der Waals surface area contributed by atoms with Crippen LogP contribution in [-0.2, 0) is 15.8 Å². The molecule has 0 aromatic heterocycles. The van der Waals surface area contributed by atoms with E-state index in [0.717, 1.165) is 11.3 Å². The second-order valence-corrected chi connectivity index (χ2v) is 8.84. The summed E-state index contributed by atoms with van der Waals surface area (Å²) >= 11 is 7.75. The predicted octanol–water partition coefficient (Wildman–Crippen LogP) is 5.44. The topological polar surface area (TPSA) is 55.4 Å². The van der Waals surface area contributed by atoms with Crippen molar-refractivity contribution in [3.8, 4) is 5.75 Å². The van der Waals surface area contributed by atoms with E-state index in [9.17, 15) is 8.42 Å². The number of hydrogen-bond acceptors (Lipinski definition) is 4. The van der Waals surface area contributed by atoms with Gasteiger partial charge in [0.15, 0.2) is 0 Å². The zero-order chi connectivity index (χ0) is 19.3. The van der Waals surface area contributed by atoms with Gasteiger partial charge < -0.3 is 4.74 Å². The maximum Gasteiger partial charge on any atom is 0.261 e. The highest BCUT2D eigenvalue weighted by atomic mass is 35.5. The first-order valence-electron chi connectivity index (χ1n) is 8.11. The third kappa shape index (κ3) is 5.19. The van der Waals surface area contributed by atoms with Gasteiger partial charge in [0, 0.05) is 16.3 Å². The van der Waals surface area contributed by atoms with Gasteiger partial charge in [0.1, 0.15) is 5.75 Å². The molecule has 0 saturated heterocycles. The fourth-order valence-corrected chi connectivity index (χ4v) is 4.66. The van der Waals surface area contributed by atoms with Gasteiger partial charge in [-0.15, -0.1) is 11.8 Å². The molecule has 140 valence electrons. The Labute approximate surface area is 168 Å². The lowest BCUT2D eigenvalue weighted by Crippen LogP contribution is -2.13. The summed E-state index contributed by atoms with van der Waals surface area (Å²) in [5.41, 5.74) is 1.61. The summed E-state index contributed by atoms with van der Waals surface area (Å²) in [5, 5.41) is 0.244. The fourth-order valence-electron chi connectivity index (χ4n) is 2.38. The van der Waals surface area contributed by atoms with E-state index in [1.165, 1.54) is 30.2 Å². The Hall–Kier alpha value is -2.15. The number of thioether (sulfide) groups is 1. The van der Waals surface area contributed by atoms with E-state index in [0.29, 0.717) is 11.4 Å². The molecule has 0 aliphatic heterocycles. The van der Waals surface area contributed by atoms with Crippen molar-refractivity contribution in [1.82, 2.24) is 0 Å². The molecule has 1 N–H and O–H groups in total. The number of nitrogens with one attached hydrogen (secondary N) is 1. The molecule has 0 aliphatic rings. The van der Waals surface area contributed by atoms with Crippen LogP contribution in [0.5, 0.6) is 5.75 Å². The van der Waals surface area contributed by atoms with Gasteiger partial charge in [0.25, 0.3) is 10.0 Å². The van der Waals surface area contributed by atoms with Crippen LogP contribution in [-0.4, -0.2) is 15.5 Å². The van der Waals surface area contributed by atoms with Crippen LogP contribution in [0.1, 0.15) is 5.56 Å². The van der Waals surface area contributed by atoms with Crippen LogP contribution in [0.25, 0.3) is 0 Å². The summed E-state index contributed by atoms with van der Waals surface area (Å²) in [6.07, 6.45) is 0. The number of sulfonamides is 1. The van der Waals surface area contributed by atoms with Gasteiger partial charge in [-0.05, 0) is 48.0 Å².